The summed E-state index contributed by atoms with van der Waals surface area (Å²) in [6.07, 6.45) is 2.58. The van der Waals surface area contributed by atoms with Crippen molar-refractivity contribution in [2.45, 2.75) is 20.3 Å². The average Bonchev–Trinajstić information content (AvgIpc) is 2.88. The van der Waals surface area contributed by atoms with Crippen molar-refractivity contribution in [3.05, 3.63) is 11.9 Å². The van der Waals surface area contributed by atoms with E-state index in [0.29, 0.717) is 17.5 Å². The van der Waals surface area contributed by atoms with E-state index in [1.165, 1.54) is 6.20 Å². The van der Waals surface area contributed by atoms with E-state index >= 15 is 0 Å². The van der Waals surface area contributed by atoms with Gasteiger partial charge in [0.1, 0.15) is 0 Å². The summed E-state index contributed by atoms with van der Waals surface area (Å²) in [5.41, 5.74) is 0.416. The summed E-state index contributed by atoms with van der Waals surface area (Å²) in [5, 5.41) is 9.91. The average molecular weight is 208 g/mol. The van der Waals surface area contributed by atoms with Crippen LogP contribution in [0.2, 0.25) is 0 Å². The molecule has 1 aliphatic rings. The van der Waals surface area contributed by atoms with Gasteiger partial charge in [0.2, 0.25) is 0 Å². The maximum atomic E-state index is 11.9. The molecule has 1 N–H and O–H groups in total. The lowest BCUT2D eigenvalue weighted by Crippen LogP contribution is -2.29. The number of carbonyl (C=O) groups excluding carboxylic acids is 1. The molecule has 0 aromatic carbocycles. The van der Waals surface area contributed by atoms with Gasteiger partial charge in [0.05, 0.1) is 6.20 Å². The number of aromatic nitrogens is 3. The Kier molecular flexibility index (Phi) is 2.70. The van der Waals surface area contributed by atoms with Gasteiger partial charge in [-0.15, -0.1) is 0 Å². The molecule has 1 amide bonds. The van der Waals surface area contributed by atoms with Crippen molar-refractivity contribution in [2.24, 2.45) is 11.8 Å². The van der Waals surface area contributed by atoms with E-state index < -0.39 is 0 Å². The smallest absolute Gasteiger partial charge is 0.276 e. The first kappa shape index (κ1) is 10.1. The van der Waals surface area contributed by atoms with Crippen LogP contribution in [0, 0.1) is 11.8 Å². The van der Waals surface area contributed by atoms with Crippen LogP contribution in [0.5, 0.6) is 0 Å². The Hall–Kier alpha value is -1.39. The van der Waals surface area contributed by atoms with Crippen LogP contribution < -0.4 is 0 Å². The predicted molar refractivity (Wildman–Crippen MR) is 55.2 cm³/mol. The molecule has 2 rings (SSSR count). The van der Waals surface area contributed by atoms with E-state index in [9.17, 15) is 4.79 Å². The second kappa shape index (κ2) is 4.00. The van der Waals surface area contributed by atoms with Crippen molar-refractivity contribution in [3.8, 4) is 0 Å². The molecule has 0 bridgehead atoms. The lowest BCUT2D eigenvalue weighted by atomic mass is 9.95. The van der Waals surface area contributed by atoms with Crippen LogP contribution in [0.1, 0.15) is 30.8 Å². The first-order valence-corrected chi connectivity index (χ1v) is 5.33. The summed E-state index contributed by atoms with van der Waals surface area (Å²) in [7, 11) is 0. The number of nitrogens with one attached hydrogen (secondary N) is 1. The molecule has 5 heteroatoms. The van der Waals surface area contributed by atoms with Crippen molar-refractivity contribution >= 4 is 5.91 Å². The molecule has 0 radical (unpaired) electrons. The second-order valence-electron chi connectivity index (χ2n) is 4.40. The van der Waals surface area contributed by atoms with Gasteiger partial charge in [-0.1, -0.05) is 13.8 Å². The molecular weight excluding hydrogens is 192 g/mol. The molecule has 0 saturated carbocycles. The van der Waals surface area contributed by atoms with Gasteiger partial charge in [0.25, 0.3) is 5.91 Å². The van der Waals surface area contributed by atoms with Crippen LogP contribution in [-0.4, -0.2) is 39.3 Å². The standard InChI is InChI=1S/C10H16N4O/c1-7(2)8-3-4-14(6-8)10(15)9-5-11-13-12-9/h5,7-8H,3-4,6H2,1-2H3,(H,11,12,13). The monoisotopic (exact) mass is 208 g/mol. The normalized spacial score (nSPS) is 21.3. The number of rotatable bonds is 2. The highest BCUT2D eigenvalue weighted by atomic mass is 16.2. The third-order valence-electron chi connectivity index (χ3n) is 3.09. The highest BCUT2D eigenvalue weighted by molar-refractivity contribution is 5.92. The van der Waals surface area contributed by atoms with Gasteiger partial charge in [0, 0.05) is 13.1 Å². The van der Waals surface area contributed by atoms with Gasteiger partial charge in [0.15, 0.2) is 5.69 Å². The topological polar surface area (TPSA) is 61.9 Å². The van der Waals surface area contributed by atoms with E-state index in [4.69, 9.17) is 0 Å². The predicted octanol–water partition coefficient (Wildman–Crippen LogP) is 0.923. The summed E-state index contributed by atoms with van der Waals surface area (Å²) in [4.78, 5) is 13.7. The zero-order valence-corrected chi connectivity index (χ0v) is 9.10. The Bertz CT molecular complexity index is 333. The van der Waals surface area contributed by atoms with Crippen molar-refractivity contribution in [1.82, 2.24) is 20.3 Å². The summed E-state index contributed by atoms with van der Waals surface area (Å²) in [6.45, 7) is 6.10. The number of nitrogens with zero attached hydrogens (tertiary/aromatic N) is 3. The molecule has 1 atom stereocenters. The zero-order valence-electron chi connectivity index (χ0n) is 9.10. The summed E-state index contributed by atoms with van der Waals surface area (Å²) in [5.74, 6) is 1.26. The van der Waals surface area contributed by atoms with Crippen molar-refractivity contribution in [1.29, 1.82) is 0 Å². The zero-order chi connectivity index (χ0) is 10.8. The molecule has 1 aromatic rings. The van der Waals surface area contributed by atoms with Crippen molar-refractivity contribution in [2.75, 3.05) is 13.1 Å². The number of carbonyl (C=O) groups is 1. The first-order chi connectivity index (χ1) is 7.18. The number of H-pyrrole nitrogens is 1. The van der Waals surface area contributed by atoms with Gasteiger partial charge in [-0.05, 0) is 18.3 Å². The Labute approximate surface area is 88.9 Å². The van der Waals surface area contributed by atoms with Crippen LogP contribution in [0.25, 0.3) is 0 Å². The van der Waals surface area contributed by atoms with Gasteiger partial charge < -0.3 is 4.90 Å². The summed E-state index contributed by atoms with van der Waals surface area (Å²) in [6, 6.07) is 0. The molecule has 5 nitrogen and oxygen atoms in total. The van der Waals surface area contributed by atoms with Gasteiger partial charge in [-0.3, -0.25) is 4.79 Å². The van der Waals surface area contributed by atoms with Crippen molar-refractivity contribution in [3.63, 3.8) is 0 Å². The Balaban J connectivity index is 1.99. The van der Waals surface area contributed by atoms with E-state index in [2.05, 4.69) is 29.3 Å². The number of amides is 1. The first-order valence-electron chi connectivity index (χ1n) is 5.33. The largest absolute Gasteiger partial charge is 0.337 e. The molecule has 1 saturated heterocycles. The minimum atomic E-state index is -0.00750. The lowest BCUT2D eigenvalue weighted by Gasteiger charge is -2.16. The van der Waals surface area contributed by atoms with Crippen LogP contribution in [0.15, 0.2) is 6.20 Å². The molecule has 1 fully saturated rings. The van der Waals surface area contributed by atoms with Crippen LogP contribution in [-0.2, 0) is 0 Å². The molecule has 0 spiro atoms. The SMILES string of the molecule is CC(C)C1CCN(C(=O)c2cn[nH]n2)C1. The number of likely N-dealkylation sites (tertiary alicyclic amines) is 1. The molecule has 1 unspecified atom stereocenters. The minimum Gasteiger partial charge on any atom is -0.337 e. The fraction of sp³-hybridized carbons (Fsp3) is 0.700. The van der Waals surface area contributed by atoms with Gasteiger partial charge >= 0.3 is 0 Å². The van der Waals surface area contributed by atoms with Crippen molar-refractivity contribution < 1.29 is 4.79 Å². The third-order valence-corrected chi connectivity index (χ3v) is 3.09. The van der Waals surface area contributed by atoms with E-state index in [1.54, 1.807) is 0 Å². The maximum Gasteiger partial charge on any atom is 0.276 e. The number of hydrogen-bond donors (Lipinski definition) is 1. The summed E-state index contributed by atoms with van der Waals surface area (Å²) < 4.78 is 0. The summed E-state index contributed by atoms with van der Waals surface area (Å²) >= 11 is 0. The Morgan fingerprint density at radius 1 is 1.67 bits per heavy atom. The highest BCUT2D eigenvalue weighted by Gasteiger charge is 2.29. The van der Waals surface area contributed by atoms with E-state index in [0.717, 1.165) is 19.5 Å². The lowest BCUT2D eigenvalue weighted by molar-refractivity contribution is 0.0778. The fourth-order valence-electron chi connectivity index (χ4n) is 1.98. The third kappa shape index (κ3) is 2.00. The van der Waals surface area contributed by atoms with E-state index in [1.807, 2.05) is 4.90 Å². The van der Waals surface area contributed by atoms with Gasteiger partial charge in [-0.25, -0.2) is 0 Å². The molecule has 1 aromatic heterocycles. The van der Waals surface area contributed by atoms with E-state index in [-0.39, 0.29) is 5.91 Å². The highest BCUT2D eigenvalue weighted by Crippen LogP contribution is 2.24. The second-order valence-corrected chi connectivity index (χ2v) is 4.40. The number of aromatic amines is 1. The molecule has 0 aliphatic carbocycles. The van der Waals surface area contributed by atoms with Crippen LogP contribution in [0.4, 0.5) is 0 Å². The minimum absolute atomic E-state index is 0.00750. The molecule has 82 valence electrons. The maximum absolute atomic E-state index is 11.9. The Morgan fingerprint density at radius 2 is 2.47 bits per heavy atom. The van der Waals surface area contributed by atoms with Crippen LogP contribution in [0.3, 0.4) is 0 Å². The molecule has 15 heavy (non-hydrogen) atoms. The van der Waals surface area contributed by atoms with Crippen LogP contribution >= 0.6 is 0 Å². The fourth-order valence-corrected chi connectivity index (χ4v) is 1.98. The Morgan fingerprint density at radius 3 is 3.00 bits per heavy atom. The molecular formula is C10H16N4O. The quantitative estimate of drug-likeness (QED) is 0.786. The van der Waals surface area contributed by atoms with Gasteiger partial charge in [-0.2, -0.15) is 15.4 Å². The molecule has 2 heterocycles. The molecule has 1 aliphatic heterocycles. The number of hydrogen-bond acceptors (Lipinski definition) is 3.